The Balaban J connectivity index is 2.13. The van der Waals surface area contributed by atoms with Gasteiger partial charge in [0.1, 0.15) is 0 Å². The van der Waals surface area contributed by atoms with Crippen LogP contribution in [0.25, 0.3) is 0 Å². The maximum absolute atomic E-state index is 3.54. The first kappa shape index (κ1) is 5.69. The highest BCUT2D eigenvalue weighted by molar-refractivity contribution is 5.00. The van der Waals surface area contributed by atoms with Gasteiger partial charge in [0.05, 0.1) is 0 Å². The van der Waals surface area contributed by atoms with Gasteiger partial charge in [-0.1, -0.05) is 0 Å². The zero-order valence-corrected chi connectivity index (χ0v) is 6.09. The topological polar surface area (TPSA) is 15.3 Å². The number of nitrogens with one attached hydrogen (secondary N) is 1. The average molecular weight is 126 g/mol. The van der Waals surface area contributed by atoms with Crippen LogP contribution < -0.4 is 5.32 Å². The second-order valence-corrected chi connectivity index (χ2v) is 3.39. The van der Waals surface area contributed by atoms with E-state index in [2.05, 4.69) is 24.2 Å². The minimum Gasteiger partial charge on any atom is -0.309 e. The number of hydrogen-bond donors (Lipinski definition) is 1. The van der Waals surface area contributed by atoms with E-state index in [-0.39, 0.29) is 0 Å². The van der Waals surface area contributed by atoms with Gasteiger partial charge in [-0.25, -0.2) is 0 Å². The summed E-state index contributed by atoms with van der Waals surface area (Å²) in [4.78, 5) is 2.46. The second kappa shape index (κ2) is 1.70. The van der Waals surface area contributed by atoms with Crippen LogP contribution in [0.1, 0.15) is 13.3 Å². The lowest BCUT2D eigenvalue weighted by Gasteiger charge is -2.28. The van der Waals surface area contributed by atoms with Gasteiger partial charge in [0.25, 0.3) is 0 Å². The van der Waals surface area contributed by atoms with Gasteiger partial charge in [-0.15, -0.1) is 0 Å². The quantitative estimate of drug-likeness (QED) is 0.493. The zero-order valence-electron chi connectivity index (χ0n) is 6.09. The van der Waals surface area contributed by atoms with E-state index in [4.69, 9.17) is 0 Å². The lowest BCUT2D eigenvalue weighted by atomic mass is 10.1. The summed E-state index contributed by atoms with van der Waals surface area (Å²) in [6, 6.07) is 2.36. The molecule has 0 aromatic rings. The predicted molar refractivity (Wildman–Crippen MR) is 37.4 cm³/mol. The van der Waals surface area contributed by atoms with Gasteiger partial charge in [-0.2, -0.15) is 0 Å². The van der Waals surface area contributed by atoms with Crippen LogP contribution in [0.3, 0.4) is 0 Å². The molecule has 2 nitrogen and oxygen atoms in total. The summed E-state index contributed by atoms with van der Waals surface area (Å²) < 4.78 is 0. The molecular weight excluding hydrogens is 112 g/mol. The molecule has 2 aliphatic heterocycles. The number of likely N-dealkylation sites (tertiary alicyclic amines) is 1. The zero-order chi connectivity index (χ0) is 6.43. The van der Waals surface area contributed by atoms with E-state index in [0.717, 1.165) is 18.1 Å². The van der Waals surface area contributed by atoms with Crippen LogP contribution >= 0.6 is 0 Å². The van der Waals surface area contributed by atoms with E-state index in [1.54, 1.807) is 0 Å². The Morgan fingerprint density at radius 1 is 1.56 bits per heavy atom. The van der Waals surface area contributed by atoms with E-state index in [0.29, 0.717) is 0 Å². The van der Waals surface area contributed by atoms with Gasteiger partial charge >= 0.3 is 0 Å². The summed E-state index contributed by atoms with van der Waals surface area (Å²) in [6.45, 7) is 3.54. The van der Waals surface area contributed by atoms with Crippen molar-refractivity contribution in [3.05, 3.63) is 0 Å². The molecule has 3 atom stereocenters. The maximum atomic E-state index is 3.54. The van der Waals surface area contributed by atoms with Crippen LogP contribution in [-0.2, 0) is 0 Å². The van der Waals surface area contributed by atoms with Gasteiger partial charge in [0.2, 0.25) is 0 Å². The molecule has 0 amide bonds. The molecule has 0 aromatic heterocycles. The van der Waals surface area contributed by atoms with E-state index in [1.165, 1.54) is 13.0 Å². The van der Waals surface area contributed by atoms with Crippen molar-refractivity contribution >= 4 is 0 Å². The normalized spacial score (nSPS) is 50.7. The van der Waals surface area contributed by atoms with Gasteiger partial charge < -0.3 is 10.2 Å². The molecule has 52 valence electrons. The molecule has 2 rings (SSSR count). The molecule has 0 radical (unpaired) electrons. The van der Waals surface area contributed by atoms with E-state index in [1.807, 2.05) is 0 Å². The first-order valence-electron chi connectivity index (χ1n) is 3.73. The molecule has 0 aliphatic carbocycles. The molecule has 3 unspecified atom stereocenters. The monoisotopic (exact) mass is 126 g/mol. The summed E-state index contributed by atoms with van der Waals surface area (Å²) in [5.74, 6) is 0. The van der Waals surface area contributed by atoms with Crippen LogP contribution in [0.4, 0.5) is 0 Å². The minimum absolute atomic E-state index is 0.730. The first-order chi connectivity index (χ1) is 4.27. The fraction of sp³-hybridized carbons (Fsp3) is 1.00. The lowest BCUT2D eigenvalue weighted by Crippen LogP contribution is -2.47. The molecular formula is C7H14N2. The summed E-state index contributed by atoms with van der Waals surface area (Å²) >= 11 is 0. The van der Waals surface area contributed by atoms with Crippen molar-refractivity contribution in [1.82, 2.24) is 10.2 Å². The van der Waals surface area contributed by atoms with Crippen LogP contribution in [0.15, 0.2) is 0 Å². The molecule has 2 bridgehead atoms. The standard InChI is InChI=1S/C7H14N2/c1-5-7-3-6(8-5)4-9(7)2/h5-8H,3-4H2,1-2H3. The van der Waals surface area contributed by atoms with Crippen molar-refractivity contribution in [2.24, 2.45) is 0 Å². The van der Waals surface area contributed by atoms with E-state index < -0.39 is 0 Å². The number of rotatable bonds is 0. The number of hydrogen-bond acceptors (Lipinski definition) is 2. The van der Waals surface area contributed by atoms with Crippen LogP contribution in [0.5, 0.6) is 0 Å². The van der Waals surface area contributed by atoms with Crippen LogP contribution in [-0.4, -0.2) is 36.6 Å². The molecule has 0 aromatic carbocycles. The Kier molecular flexibility index (Phi) is 1.08. The molecule has 2 heteroatoms. The van der Waals surface area contributed by atoms with Crippen molar-refractivity contribution in [3.63, 3.8) is 0 Å². The third kappa shape index (κ3) is 0.700. The number of fused-ring (bicyclic) bond motifs is 2. The highest BCUT2D eigenvalue weighted by Gasteiger charge is 2.39. The predicted octanol–water partition coefficient (Wildman–Crippen LogP) is 0.0508. The van der Waals surface area contributed by atoms with Crippen LogP contribution in [0.2, 0.25) is 0 Å². The molecule has 0 saturated carbocycles. The molecule has 0 spiro atoms. The fourth-order valence-corrected chi connectivity index (χ4v) is 2.22. The van der Waals surface area contributed by atoms with Gasteiger partial charge in [-0.05, 0) is 20.4 Å². The fourth-order valence-electron chi connectivity index (χ4n) is 2.22. The third-order valence-corrected chi connectivity index (χ3v) is 2.68. The van der Waals surface area contributed by atoms with Crippen molar-refractivity contribution in [2.45, 2.75) is 31.5 Å². The summed E-state index contributed by atoms with van der Waals surface area (Å²) in [6.07, 6.45) is 1.37. The molecule has 1 N–H and O–H groups in total. The smallest absolute Gasteiger partial charge is 0.0259 e. The molecule has 2 heterocycles. The first-order valence-corrected chi connectivity index (χ1v) is 3.73. The highest BCUT2D eigenvalue weighted by Crippen LogP contribution is 2.25. The van der Waals surface area contributed by atoms with Crippen molar-refractivity contribution in [3.8, 4) is 0 Å². The maximum Gasteiger partial charge on any atom is 0.0259 e. The summed E-state index contributed by atoms with van der Waals surface area (Å²) in [5, 5.41) is 3.54. The molecule has 2 saturated heterocycles. The number of nitrogens with zero attached hydrogens (tertiary/aromatic N) is 1. The Morgan fingerprint density at radius 2 is 2.33 bits per heavy atom. The minimum atomic E-state index is 0.730. The van der Waals surface area contributed by atoms with Gasteiger partial charge in [0.15, 0.2) is 0 Å². The van der Waals surface area contributed by atoms with E-state index >= 15 is 0 Å². The Morgan fingerprint density at radius 3 is 2.67 bits per heavy atom. The largest absolute Gasteiger partial charge is 0.309 e. The Hall–Kier alpha value is -0.0800. The molecule has 2 aliphatic rings. The average Bonchev–Trinajstić information content (AvgIpc) is 2.22. The Bertz CT molecular complexity index is 112. The van der Waals surface area contributed by atoms with E-state index in [9.17, 15) is 0 Å². The number of likely N-dealkylation sites (N-methyl/N-ethyl adjacent to an activating group) is 1. The Labute approximate surface area is 56.2 Å². The second-order valence-electron chi connectivity index (χ2n) is 3.39. The third-order valence-electron chi connectivity index (χ3n) is 2.68. The van der Waals surface area contributed by atoms with Crippen molar-refractivity contribution < 1.29 is 0 Å². The highest BCUT2D eigenvalue weighted by atomic mass is 15.3. The van der Waals surface area contributed by atoms with Crippen molar-refractivity contribution in [2.75, 3.05) is 13.6 Å². The molecule has 9 heavy (non-hydrogen) atoms. The SMILES string of the molecule is CC1NC2CC1N(C)C2. The van der Waals surface area contributed by atoms with Crippen molar-refractivity contribution in [1.29, 1.82) is 0 Å². The summed E-state index contributed by atoms with van der Waals surface area (Å²) in [5.41, 5.74) is 0. The van der Waals surface area contributed by atoms with Gasteiger partial charge in [0, 0.05) is 24.7 Å². The number of piperazine rings is 1. The van der Waals surface area contributed by atoms with Gasteiger partial charge in [-0.3, -0.25) is 0 Å². The van der Waals surface area contributed by atoms with Crippen LogP contribution in [0, 0.1) is 0 Å². The molecule has 2 fully saturated rings. The summed E-state index contributed by atoms with van der Waals surface area (Å²) in [7, 11) is 2.22. The lowest BCUT2D eigenvalue weighted by molar-refractivity contribution is 0.232.